The summed E-state index contributed by atoms with van der Waals surface area (Å²) in [6.45, 7) is 10.7. The third-order valence-corrected chi connectivity index (χ3v) is 4.41. The van der Waals surface area contributed by atoms with Crippen LogP contribution in [-0.2, 0) is 9.53 Å². The molecule has 124 valence electrons. The Morgan fingerprint density at radius 1 is 1.33 bits per heavy atom. The first kappa shape index (κ1) is 18.4. The van der Waals surface area contributed by atoms with Crippen LogP contribution in [0.25, 0.3) is 0 Å². The molecule has 0 bridgehead atoms. The van der Waals surface area contributed by atoms with Crippen LogP contribution in [0.1, 0.15) is 66.2 Å². The van der Waals surface area contributed by atoms with Gasteiger partial charge in [-0.05, 0) is 53.0 Å². The van der Waals surface area contributed by atoms with Crippen molar-refractivity contribution in [2.45, 2.75) is 83.8 Å². The van der Waals surface area contributed by atoms with Crippen molar-refractivity contribution < 1.29 is 9.53 Å². The van der Waals surface area contributed by atoms with Gasteiger partial charge in [-0.25, -0.2) is 0 Å². The van der Waals surface area contributed by atoms with Gasteiger partial charge in [0.1, 0.15) is 5.54 Å². The van der Waals surface area contributed by atoms with Gasteiger partial charge in [-0.15, -0.1) is 0 Å². The molecule has 1 saturated carbocycles. The molecule has 0 spiro atoms. The average Bonchev–Trinajstić information content (AvgIpc) is 3.25. The lowest BCUT2D eigenvalue weighted by atomic mass is 9.96. The molecular formula is C17H34N2O2. The number of rotatable bonds is 11. The van der Waals surface area contributed by atoms with Crippen molar-refractivity contribution in [1.29, 1.82) is 0 Å². The molecule has 4 nitrogen and oxygen atoms in total. The Labute approximate surface area is 130 Å². The molecule has 0 aliphatic heterocycles. The number of nitrogens with zero attached hydrogens (tertiary/aromatic N) is 1. The fourth-order valence-electron chi connectivity index (χ4n) is 2.70. The lowest BCUT2D eigenvalue weighted by Crippen LogP contribution is -2.53. The van der Waals surface area contributed by atoms with Crippen LogP contribution in [0.3, 0.4) is 0 Å². The minimum atomic E-state index is -0.548. The molecule has 0 radical (unpaired) electrons. The van der Waals surface area contributed by atoms with E-state index in [2.05, 4.69) is 31.0 Å². The predicted molar refractivity (Wildman–Crippen MR) is 87.4 cm³/mol. The molecule has 0 aromatic rings. The maximum atomic E-state index is 12.1. The second kappa shape index (κ2) is 8.74. The minimum absolute atomic E-state index is 0.133. The Kier molecular flexibility index (Phi) is 7.67. The molecule has 0 heterocycles. The highest BCUT2D eigenvalue weighted by atomic mass is 16.5. The van der Waals surface area contributed by atoms with Crippen molar-refractivity contribution in [1.82, 2.24) is 10.2 Å². The molecule has 1 fully saturated rings. The molecule has 21 heavy (non-hydrogen) atoms. The summed E-state index contributed by atoms with van der Waals surface area (Å²) in [7, 11) is 1.48. The summed E-state index contributed by atoms with van der Waals surface area (Å²) in [5.74, 6) is -0.133. The summed E-state index contributed by atoms with van der Waals surface area (Å²) in [5, 5.41) is 3.48. The topological polar surface area (TPSA) is 41.6 Å². The average molecular weight is 298 g/mol. The summed E-state index contributed by atoms with van der Waals surface area (Å²) in [4.78, 5) is 14.6. The third kappa shape index (κ3) is 6.35. The largest absolute Gasteiger partial charge is 0.468 e. The first-order chi connectivity index (χ1) is 9.92. The lowest BCUT2D eigenvalue weighted by Gasteiger charge is -2.33. The van der Waals surface area contributed by atoms with Crippen LogP contribution >= 0.6 is 0 Å². The first-order valence-electron chi connectivity index (χ1n) is 8.53. The predicted octanol–water partition coefficient (Wildman–Crippen LogP) is 2.96. The van der Waals surface area contributed by atoms with E-state index >= 15 is 0 Å². The second-order valence-corrected chi connectivity index (χ2v) is 6.83. The van der Waals surface area contributed by atoms with Crippen LogP contribution in [0.2, 0.25) is 0 Å². The number of nitrogens with one attached hydrogen (secondary N) is 1. The molecule has 4 heteroatoms. The number of methoxy groups -OCH3 is 1. The van der Waals surface area contributed by atoms with Crippen LogP contribution in [0.15, 0.2) is 0 Å². The summed E-state index contributed by atoms with van der Waals surface area (Å²) in [6.07, 6.45) is 6.92. The zero-order valence-corrected chi connectivity index (χ0v) is 14.6. The molecule has 0 saturated heterocycles. The number of hydrogen-bond donors (Lipinski definition) is 1. The molecule has 0 aromatic heterocycles. The minimum Gasteiger partial charge on any atom is -0.468 e. The summed E-state index contributed by atoms with van der Waals surface area (Å²) in [5.41, 5.74) is -0.548. The lowest BCUT2D eigenvalue weighted by molar-refractivity contribution is -0.148. The van der Waals surface area contributed by atoms with Gasteiger partial charge >= 0.3 is 5.97 Å². The molecule has 0 amide bonds. The van der Waals surface area contributed by atoms with E-state index in [1.807, 2.05) is 6.92 Å². The van der Waals surface area contributed by atoms with Gasteiger partial charge in [-0.1, -0.05) is 19.8 Å². The Balaban J connectivity index is 2.53. The third-order valence-electron chi connectivity index (χ3n) is 4.41. The molecule has 1 unspecified atom stereocenters. The van der Waals surface area contributed by atoms with Gasteiger partial charge in [0.25, 0.3) is 0 Å². The van der Waals surface area contributed by atoms with E-state index in [0.29, 0.717) is 12.1 Å². The molecule has 1 N–H and O–H groups in total. The van der Waals surface area contributed by atoms with Crippen LogP contribution in [0, 0.1) is 0 Å². The van der Waals surface area contributed by atoms with E-state index in [-0.39, 0.29) is 5.97 Å². The van der Waals surface area contributed by atoms with Gasteiger partial charge in [-0.2, -0.15) is 0 Å². The van der Waals surface area contributed by atoms with Gasteiger partial charge in [0.15, 0.2) is 0 Å². The fraction of sp³-hybridized carbons (Fsp3) is 0.941. The van der Waals surface area contributed by atoms with Crippen molar-refractivity contribution in [2.24, 2.45) is 0 Å². The van der Waals surface area contributed by atoms with Crippen molar-refractivity contribution in [3.63, 3.8) is 0 Å². The van der Waals surface area contributed by atoms with Gasteiger partial charge in [0, 0.05) is 18.6 Å². The van der Waals surface area contributed by atoms with Gasteiger partial charge in [0.05, 0.1) is 7.11 Å². The molecular weight excluding hydrogens is 264 g/mol. The first-order valence-corrected chi connectivity index (χ1v) is 8.53. The molecule has 1 rings (SSSR count). The number of ether oxygens (including phenoxy) is 1. The van der Waals surface area contributed by atoms with Crippen LogP contribution in [0.4, 0.5) is 0 Å². The highest BCUT2D eigenvalue weighted by Gasteiger charge is 2.39. The molecule has 1 aliphatic rings. The number of carbonyl (C=O) groups excluding carboxylic acids is 1. The van der Waals surface area contributed by atoms with Gasteiger partial charge in [0.2, 0.25) is 0 Å². The maximum absolute atomic E-state index is 12.1. The van der Waals surface area contributed by atoms with Crippen LogP contribution in [0.5, 0.6) is 0 Å². The number of unbranched alkanes of at least 4 members (excludes halogenated alkanes) is 2. The summed E-state index contributed by atoms with van der Waals surface area (Å²) in [6, 6.07) is 1.02. The van der Waals surface area contributed by atoms with E-state index in [0.717, 1.165) is 19.5 Å². The Morgan fingerprint density at radius 3 is 2.48 bits per heavy atom. The van der Waals surface area contributed by atoms with Crippen molar-refractivity contribution in [3.8, 4) is 0 Å². The van der Waals surface area contributed by atoms with Crippen molar-refractivity contribution in [2.75, 3.05) is 20.2 Å². The zero-order valence-electron chi connectivity index (χ0n) is 14.6. The van der Waals surface area contributed by atoms with E-state index in [9.17, 15) is 4.79 Å². The van der Waals surface area contributed by atoms with Gasteiger partial charge < -0.3 is 9.64 Å². The zero-order chi connectivity index (χ0) is 15.9. The Hall–Kier alpha value is -0.610. The highest BCUT2D eigenvalue weighted by Crippen LogP contribution is 2.25. The van der Waals surface area contributed by atoms with Crippen molar-refractivity contribution >= 4 is 5.97 Å². The van der Waals surface area contributed by atoms with E-state index in [4.69, 9.17) is 4.74 Å². The van der Waals surface area contributed by atoms with Crippen molar-refractivity contribution in [3.05, 3.63) is 0 Å². The van der Waals surface area contributed by atoms with E-state index in [1.54, 1.807) is 0 Å². The second-order valence-electron chi connectivity index (χ2n) is 6.83. The quantitative estimate of drug-likeness (QED) is 0.470. The Bertz CT molecular complexity index is 316. The number of esters is 1. The van der Waals surface area contributed by atoms with E-state index in [1.165, 1.54) is 39.2 Å². The molecule has 1 atom stereocenters. The van der Waals surface area contributed by atoms with E-state index < -0.39 is 5.54 Å². The monoisotopic (exact) mass is 298 g/mol. The summed E-state index contributed by atoms with van der Waals surface area (Å²) >= 11 is 0. The summed E-state index contributed by atoms with van der Waals surface area (Å²) < 4.78 is 5.02. The van der Waals surface area contributed by atoms with Gasteiger partial charge in [-0.3, -0.25) is 10.1 Å². The molecule has 1 aliphatic carbocycles. The highest BCUT2D eigenvalue weighted by molar-refractivity contribution is 5.80. The SMILES string of the molecule is CCCCCN(CCC(C)(NC1CC1)C(=O)OC)C(C)C. The Morgan fingerprint density at radius 2 is 2.00 bits per heavy atom. The number of hydrogen-bond acceptors (Lipinski definition) is 4. The molecule has 0 aromatic carbocycles. The normalized spacial score (nSPS) is 18.0. The maximum Gasteiger partial charge on any atom is 0.325 e. The van der Waals surface area contributed by atoms with Crippen LogP contribution < -0.4 is 5.32 Å². The smallest absolute Gasteiger partial charge is 0.325 e. The number of carbonyl (C=O) groups is 1. The standard InChI is InChI=1S/C17H34N2O2/c1-6-7-8-12-19(14(2)3)13-11-17(4,16(20)21-5)18-15-9-10-15/h14-15,18H,6-13H2,1-5H3. The fourth-order valence-corrected chi connectivity index (χ4v) is 2.70. The van der Waals surface area contributed by atoms with Crippen LogP contribution in [-0.4, -0.2) is 48.7 Å².